The fraction of sp³-hybridized carbons (Fsp3) is 0.455. The van der Waals surface area contributed by atoms with Crippen LogP contribution in [0, 0.1) is 6.92 Å². The zero-order chi connectivity index (χ0) is 20.5. The van der Waals surface area contributed by atoms with Crippen molar-refractivity contribution < 1.29 is 9.53 Å². The van der Waals surface area contributed by atoms with Gasteiger partial charge in [-0.15, -0.1) is 11.3 Å². The number of aryl methyl sites for hydroxylation is 1. The fourth-order valence-corrected chi connectivity index (χ4v) is 4.56. The quantitative estimate of drug-likeness (QED) is 0.290. The van der Waals surface area contributed by atoms with Crippen molar-refractivity contribution in [1.82, 2.24) is 5.32 Å². The summed E-state index contributed by atoms with van der Waals surface area (Å²) in [4.78, 5) is 13.8. The summed E-state index contributed by atoms with van der Waals surface area (Å²) in [6.07, 6.45) is 4.68. The first-order valence-electron chi connectivity index (χ1n) is 9.91. The number of rotatable bonds is 9. The van der Waals surface area contributed by atoms with E-state index in [1.165, 1.54) is 30.6 Å². The van der Waals surface area contributed by atoms with Crippen molar-refractivity contribution in [3.63, 3.8) is 0 Å². The van der Waals surface area contributed by atoms with Crippen LogP contribution in [0.1, 0.15) is 61.7 Å². The van der Waals surface area contributed by atoms with Gasteiger partial charge in [-0.25, -0.2) is 4.79 Å². The van der Waals surface area contributed by atoms with Crippen LogP contribution in [-0.2, 0) is 4.74 Å². The van der Waals surface area contributed by atoms with E-state index in [1.54, 1.807) is 0 Å². The predicted molar refractivity (Wildman–Crippen MR) is 123 cm³/mol. The molecule has 0 aliphatic heterocycles. The molecule has 0 saturated heterocycles. The van der Waals surface area contributed by atoms with Gasteiger partial charge in [0.15, 0.2) is 5.11 Å². The Morgan fingerprint density at radius 3 is 2.57 bits per heavy atom. The molecule has 4 nitrogen and oxygen atoms in total. The van der Waals surface area contributed by atoms with Gasteiger partial charge in [-0.1, -0.05) is 56.5 Å². The van der Waals surface area contributed by atoms with Crippen molar-refractivity contribution in [2.75, 3.05) is 11.9 Å². The van der Waals surface area contributed by atoms with Gasteiger partial charge >= 0.3 is 5.97 Å². The maximum Gasteiger partial charge on any atom is 0.341 e. The average molecular weight is 419 g/mol. The Kier molecular flexibility index (Phi) is 8.93. The Hall–Kier alpha value is -1.92. The molecule has 2 rings (SSSR count). The van der Waals surface area contributed by atoms with E-state index in [1.807, 2.05) is 44.2 Å². The van der Waals surface area contributed by atoms with Gasteiger partial charge in [-0.05, 0) is 45.0 Å². The summed E-state index contributed by atoms with van der Waals surface area (Å²) < 4.78 is 5.34. The van der Waals surface area contributed by atoms with E-state index in [-0.39, 0.29) is 12.0 Å². The first kappa shape index (κ1) is 22.4. The zero-order valence-electron chi connectivity index (χ0n) is 17.1. The minimum absolute atomic E-state index is 0.284. The molecule has 28 heavy (non-hydrogen) atoms. The van der Waals surface area contributed by atoms with Crippen LogP contribution >= 0.6 is 23.6 Å². The summed E-state index contributed by atoms with van der Waals surface area (Å²) in [5.74, 6) is -0.327. The molecule has 1 aromatic carbocycles. The Labute approximate surface area is 177 Å². The number of hydrogen-bond donors (Lipinski definition) is 2. The lowest BCUT2D eigenvalue weighted by molar-refractivity contribution is 0.0529. The number of hydrogen-bond acceptors (Lipinski definition) is 4. The third-order valence-electron chi connectivity index (χ3n) is 4.47. The van der Waals surface area contributed by atoms with Crippen molar-refractivity contribution in [3.8, 4) is 11.1 Å². The van der Waals surface area contributed by atoms with Crippen LogP contribution in [0.3, 0.4) is 0 Å². The van der Waals surface area contributed by atoms with E-state index < -0.39 is 0 Å². The van der Waals surface area contributed by atoms with Crippen molar-refractivity contribution in [2.24, 2.45) is 0 Å². The minimum atomic E-state index is -0.327. The topological polar surface area (TPSA) is 50.4 Å². The number of carbonyl (C=O) groups is 1. The van der Waals surface area contributed by atoms with Gasteiger partial charge < -0.3 is 15.4 Å². The molecule has 0 fully saturated rings. The smallest absolute Gasteiger partial charge is 0.341 e. The summed E-state index contributed by atoms with van der Waals surface area (Å²) in [5, 5.41) is 7.84. The van der Waals surface area contributed by atoms with Gasteiger partial charge in [0, 0.05) is 16.5 Å². The standard InChI is InChI=1S/C22H30N2O2S2/c1-5-7-9-12-15(3)23-22(27)24-20-19(21(25)26-6-2)18(16(4)28-20)17-13-10-8-11-14-17/h8,10-11,13-15H,5-7,9,12H2,1-4H3,(H2,23,24,27). The Morgan fingerprint density at radius 1 is 1.21 bits per heavy atom. The summed E-state index contributed by atoms with van der Waals surface area (Å²) in [7, 11) is 0. The third-order valence-corrected chi connectivity index (χ3v) is 5.71. The zero-order valence-corrected chi connectivity index (χ0v) is 18.8. The minimum Gasteiger partial charge on any atom is -0.462 e. The van der Waals surface area contributed by atoms with E-state index in [2.05, 4.69) is 24.5 Å². The maximum atomic E-state index is 12.7. The SMILES string of the molecule is CCCCCC(C)NC(=S)Nc1sc(C)c(-c2ccccc2)c1C(=O)OCC. The van der Waals surface area contributed by atoms with Crippen molar-refractivity contribution >= 4 is 39.6 Å². The molecule has 0 saturated carbocycles. The van der Waals surface area contributed by atoms with Crippen LogP contribution in [0.25, 0.3) is 11.1 Å². The highest BCUT2D eigenvalue weighted by Gasteiger charge is 2.25. The van der Waals surface area contributed by atoms with E-state index in [4.69, 9.17) is 17.0 Å². The van der Waals surface area contributed by atoms with E-state index in [0.29, 0.717) is 17.3 Å². The molecular formula is C22H30N2O2S2. The molecular weight excluding hydrogens is 388 g/mol. The van der Waals surface area contributed by atoms with Crippen LogP contribution in [0.2, 0.25) is 0 Å². The summed E-state index contributed by atoms with van der Waals surface area (Å²) in [5.41, 5.74) is 2.46. The van der Waals surface area contributed by atoms with Gasteiger partial charge in [-0.2, -0.15) is 0 Å². The van der Waals surface area contributed by atoms with E-state index >= 15 is 0 Å². The lowest BCUT2D eigenvalue weighted by Crippen LogP contribution is -2.36. The number of thiophene rings is 1. The van der Waals surface area contributed by atoms with Crippen LogP contribution in [-0.4, -0.2) is 23.7 Å². The lowest BCUT2D eigenvalue weighted by atomic mass is 10.0. The molecule has 6 heteroatoms. The normalized spacial score (nSPS) is 11.7. The Bertz CT molecular complexity index is 787. The second kappa shape index (κ2) is 11.2. The molecule has 0 aliphatic carbocycles. The number of carbonyl (C=O) groups excluding carboxylic acids is 1. The lowest BCUT2D eigenvalue weighted by Gasteiger charge is -2.17. The Balaban J connectivity index is 2.24. The highest BCUT2D eigenvalue weighted by molar-refractivity contribution is 7.80. The molecule has 1 atom stereocenters. The monoisotopic (exact) mass is 418 g/mol. The number of nitrogens with one attached hydrogen (secondary N) is 2. The molecule has 1 unspecified atom stereocenters. The molecule has 0 bridgehead atoms. The number of ether oxygens (including phenoxy) is 1. The van der Waals surface area contributed by atoms with Gasteiger partial charge in [0.1, 0.15) is 10.6 Å². The van der Waals surface area contributed by atoms with Crippen molar-refractivity contribution in [2.45, 2.75) is 59.4 Å². The van der Waals surface area contributed by atoms with Gasteiger partial charge in [0.25, 0.3) is 0 Å². The van der Waals surface area contributed by atoms with Crippen molar-refractivity contribution in [1.29, 1.82) is 0 Å². The molecule has 0 amide bonds. The highest BCUT2D eigenvalue weighted by Crippen LogP contribution is 2.40. The summed E-state index contributed by atoms with van der Waals surface area (Å²) >= 11 is 7.03. The van der Waals surface area contributed by atoms with Crippen LogP contribution in [0.4, 0.5) is 5.00 Å². The van der Waals surface area contributed by atoms with Gasteiger partial charge in [0.2, 0.25) is 0 Å². The molecule has 1 heterocycles. The Morgan fingerprint density at radius 2 is 1.93 bits per heavy atom. The second-order valence-corrected chi connectivity index (χ2v) is 8.45. The fourth-order valence-electron chi connectivity index (χ4n) is 3.12. The maximum absolute atomic E-state index is 12.7. The first-order valence-corrected chi connectivity index (χ1v) is 11.1. The average Bonchev–Trinajstić information content (AvgIpc) is 2.98. The van der Waals surface area contributed by atoms with Gasteiger partial charge in [0.05, 0.1) is 6.61 Å². The molecule has 152 valence electrons. The van der Waals surface area contributed by atoms with E-state index in [0.717, 1.165) is 27.4 Å². The summed E-state index contributed by atoms with van der Waals surface area (Å²) in [6, 6.07) is 10.2. The number of benzene rings is 1. The molecule has 2 aromatic rings. The van der Waals surface area contributed by atoms with Gasteiger partial charge in [-0.3, -0.25) is 0 Å². The molecule has 2 N–H and O–H groups in total. The van der Waals surface area contributed by atoms with Crippen LogP contribution in [0.15, 0.2) is 30.3 Å². The largest absolute Gasteiger partial charge is 0.462 e. The van der Waals surface area contributed by atoms with Crippen LogP contribution in [0.5, 0.6) is 0 Å². The number of thiocarbonyl (C=S) groups is 1. The highest BCUT2D eigenvalue weighted by atomic mass is 32.1. The molecule has 0 radical (unpaired) electrons. The second-order valence-electron chi connectivity index (χ2n) is 6.82. The number of esters is 1. The third kappa shape index (κ3) is 6.04. The summed E-state index contributed by atoms with van der Waals surface area (Å²) in [6.45, 7) is 8.50. The number of unbranched alkanes of at least 4 members (excludes halogenated alkanes) is 2. The van der Waals surface area contributed by atoms with Crippen molar-refractivity contribution in [3.05, 3.63) is 40.8 Å². The predicted octanol–water partition coefficient (Wildman–Crippen LogP) is 6.16. The van der Waals surface area contributed by atoms with E-state index in [9.17, 15) is 4.79 Å². The first-order chi connectivity index (χ1) is 13.5. The van der Waals surface area contributed by atoms with Crippen LogP contribution < -0.4 is 10.6 Å². The number of anilines is 1. The molecule has 1 aromatic heterocycles. The molecule has 0 aliphatic rings. The molecule has 0 spiro atoms.